The zero-order chi connectivity index (χ0) is 22.0. The van der Waals surface area contributed by atoms with Crippen LogP contribution in [0.25, 0.3) is 5.65 Å². The lowest BCUT2D eigenvalue weighted by atomic mass is 9.73. The maximum atomic E-state index is 12.5. The van der Waals surface area contributed by atoms with E-state index in [-0.39, 0.29) is 30.0 Å². The molecule has 0 saturated carbocycles. The highest BCUT2D eigenvalue weighted by Gasteiger charge is 2.63. The number of amides is 1. The highest BCUT2D eigenvalue weighted by atomic mass is 16.5. The molecular weight excluding hydrogens is 398 g/mol. The molecule has 9 nitrogen and oxygen atoms in total. The van der Waals surface area contributed by atoms with Crippen molar-refractivity contribution < 1.29 is 19.4 Å². The first-order valence-corrected chi connectivity index (χ1v) is 11.1. The molecule has 1 spiro atoms. The minimum Gasteiger partial charge on any atom is -0.483 e. The number of carboxylic acid groups (broad SMARTS) is 1. The quantitative estimate of drug-likeness (QED) is 0.676. The largest absolute Gasteiger partial charge is 0.483 e. The molecule has 5 rings (SSSR count). The number of rotatable bonds is 6. The fourth-order valence-corrected chi connectivity index (χ4v) is 5.68. The van der Waals surface area contributed by atoms with Gasteiger partial charge in [0.1, 0.15) is 0 Å². The number of hydrogen-bond donors (Lipinski definition) is 2. The molecule has 0 radical (unpaired) electrons. The molecule has 0 aromatic carbocycles. The summed E-state index contributed by atoms with van der Waals surface area (Å²) in [5.41, 5.74) is 0.779. The van der Waals surface area contributed by atoms with E-state index in [9.17, 15) is 4.79 Å². The van der Waals surface area contributed by atoms with Crippen LogP contribution in [-0.2, 0) is 14.3 Å². The topological polar surface area (TPSA) is 109 Å². The van der Waals surface area contributed by atoms with Gasteiger partial charge in [0.25, 0.3) is 6.47 Å². The number of pyridine rings is 1. The van der Waals surface area contributed by atoms with E-state index in [0.717, 1.165) is 56.9 Å². The molecule has 31 heavy (non-hydrogen) atoms. The standard InChI is InChI=1S/C21H29N5O2.CH2O2/c1-3-14(4-2)19(27)22-11-15-16-12-25(13-21(16)9-8-17(15)28-21)20-24-23-18-7-5-6-10-26(18)20;2-1-3/h5-7,10,14-17H,3-4,8-9,11-13H2,1-2H3,(H,22,27);1H,(H,2,3)/t15-,16+,17+,21+;/m0./s1. The number of nitrogens with one attached hydrogen (secondary N) is 1. The summed E-state index contributed by atoms with van der Waals surface area (Å²) in [5, 5.41) is 18.9. The summed E-state index contributed by atoms with van der Waals surface area (Å²) in [4.78, 5) is 23.2. The van der Waals surface area contributed by atoms with E-state index in [1.54, 1.807) is 0 Å². The van der Waals surface area contributed by atoms with Crippen molar-refractivity contribution >= 4 is 24.0 Å². The van der Waals surface area contributed by atoms with Crippen molar-refractivity contribution in [3.8, 4) is 0 Å². The van der Waals surface area contributed by atoms with Crippen molar-refractivity contribution in [3.05, 3.63) is 24.4 Å². The molecule has 3 aliphatic heterocycles. The Labute approximate surface area is 181 Å². The van der Waals surface area contributed by atoms with Gasteiger partial charge in [-0.25, -0.2) is 0 Å². The Bertz CT molecular complexity index is 930. The van der Waals surface area contributed by atoms with Gasteiger partial charge < -0.3 is 20.1 Å². The average Bonchev–Trinajstić information content (AvgIpc) is 3.52. The highest BCUT2D eigenvalue weighted by Crippen LogP contribution is 2.55. The van der Waals surface area contributed by atoms with Crippen LogP contribution in [0.15, 0.2) is 24.4 Å². The SMILES string of the molecule is CCC(CC)C(=O)NC[C@H]1[C@H]2CN(c3nnc4ccccn34)C[C@]23CC[C@H]1O3.O=CO. The van der Waals surface area contributed by atoms with Crippen LogP contribution in [0.5, 0.6) is 0 Å². The molecule has 5 heterocycles. The van der Waals surface area contributed by atoms with Gasteiger partial charge in [0, 0.05) is 37.0 Å². The Kier molecular flexibility index (Phi) is 6.13. The molecular formula is C22H31N5O4. The molecule has 2 bridgehead atoms. The van der Waals surface area contributed by atoms with Crippen molar-refractivity contribution in [2.45, 2.75) is 51.2 Å². The Morgan fingerprint density at radius 2 is 2.16 bits per heavy atom. The Hall–Kier alpha value is -2.68. The number of nitrogens with zero attached hydrogens (tertiary/aromatic N) is 4. The normalized spacial score (nSPS) is 28.5. The van der Waals surface area contributed by atoms with Crippen LogP contribution in [0.4, 0.5) is 5.95 Å². The number of anilines is 1. The van der Waals surface area contributed by atoms with Crippen molar-refractivity contribution in [2.75, 3.05) is 24.5 Å². The Balaban J connectivity index is 0.000000730. The number of aromatic nitrogens is 3. The van der Waals surface area contributed by atoms with Gasteiger partial charge in [0.15, 0.2) is 5.65 Å². The van der Waals surface area contributed by atoms with E-state index in [1.165, 1.54) is 0 Å². The van der Waals surface area contributed by atoms with E-state index in [4.69, 9.17) is 14.6 Å². The van der Waals surface area contributed by atoms with Crippen molar-refractivity contribution in [3.63, 3.8) is 0 Å². The summed E-state index contributed by atoms with van der Waals surface area (Å²) in [6, 6.07) is 5.96. The Morgan fingerprint density at radius 1 is 1.39 bits per heavy atom. The predicted molar refractivity (Wildman–Crippen MR) is 115 cm³/mol. The molecule has 0 aliphatic carbocycles. The zero-order valence-corrected chi connectivity index (χ0v) is 18.1. The second kappa shape index (κ2) is 8.82. The number of carbonyl (C=O) groups excluding carboxylic acids is 1. The third kappa shape index (κ3) is 3.75. The van der Waals surface area contributed by atoms with Crippen LogP contribution < -0.4 is 10.2 Å². The summed E-state index contributed by atoms with van der Waals surface area (Å²) in [7, 11) is 0. The van der Waals surface area contributed by atoms with Crippen LogP contribution >= 0.6 is 0 Å². The number of hydrogen-bond acceptors (Lipinski definition) is 6. The molecule has 2 aromatic heterocycles. The summed E-state index contributed by atoms with van der Waals surface area (Å²) in [6.45, 7) is 6.42. The molecule has 3 fully saturated rings. The highest BCUT2D eigenvalue weighted by molar-refractivity contribution is 5.78. The lowest BCUT2D eigenvalue weighted by Crippen LogP contribution is -2.43. The van der Waals surface area contributed by atoms with E-state index >= 15 is 0 Å². The lowest BCUT2D eigenvalue weighted by molar-refractivity contribution is -0.125. The van der Waals surface area contributed by atoms with Gasteiger partial charge in [-0.15, -0.1) is 10.2 Å². The molecule has 168 valence electrons. The van der Waals surface area contributed by atoms with Gasteiger partial charge >= 0.3 is 0 Å². The van der Waals surface area contributed by atoms with Gasteiger partial charge in [-0.2, -0.15) is 0 Å². The number of fused-ring (bicyclic) bond motifs is 2. The van der Waals surface area contributed by atoms with Crippen LogP contribution in [-0.4, -0.2) is 63.4 Å². The first kappa shape index (κ1) is 21.5. The molecule has 9 heteroatoms. The van der Waals surface area contributed by atoms with Gasteiger partial charge in [-0.05, 0) is 37.8 Å². The molecule has 0 unspecified atom stereocenters. The zero-order valence-electron chi connectivity index (χ0n) is 18.1. The van der Waals surface area contributed by atoms with Gasteiger partial charge in [-0.1, -0.05) is 19.9 Å². The second-order valence-corrected chi connectivity index (χ2v) is 8.70. The van der Waals surface area contributed by atoms with E-state index < -0.39 is 0 Å². The van der Waals surface area contributed by atoms with E-state index in [1.807, 2.05) is 28.8 Å². The van der Waals surface area contributed by atoms with Crippen LogP contribution in [0, 0.1) is 17.8 Å². The molecule has 4 atom stereocenters. The minimum atomic E-state index is -0.250. The smallest absolute Gasteiger partial charge is 0.290 e. The molecule has 3 aliphatic rings. The third-order valence-electron chi connectivity index (χ3n) is 7.23. The van der Waals surface area contributed by atoms with Crippen LogP contribution in [0.3, 0.4) is 0 Å². The molecule has 2 N–H and O–H groups in total. The van der Waals surface area contributed by atoms with Gasteiger partial charge in [0.05, 0.1) is 18.2 Å². The van der Waals surface area contributed by atoms with E-state index in [0.29, 0.717) is 11.8 Å². The summed E-state index contributed by atoms with van der Waals surface area (Å²) in [5.74, 6) is 2.03. The predicted octanol–water partition coefficient (Wildman–Crippen LogP) is 1.97. The van der Waals surface area contributed by atoms with Gasteiger partial charge in [0.2, 0.25) is 11.9 Å². The molecule has 2 aromatic rings. The van der Waals surface area contributed by atoms with Crippen molar-refractivity contribution in [1.82, 2.24) is 19.9 Å². The first-order chi connectivity index (χ1) is 15.1. The summed E-state index contributed by atoms with van der Waals surface area (Å²) >= 11 is 0. The minimum absolute atomic E-state index is 0.0877. The Morgan fingerprint density at radius 3 is 2.90 bits per heavy atom. The fraction of sp³-hybridized carbons (Fsp3) is 0.636. The molecule has 3 saturated heterocycles. The monoisotopic (exact) mass is 429 g/mol. The maximum Gasteiger partial charge on any atom is 0.290 e. The lowest BCUT2D eigenvalue weighted by Gasteiger charge is -2.29. The number of carbonyl (C=O) groups is 2. The average molecular weight is 430 g/mol. The third-order valence-corrected chi connectivity index (χ3v) is 7.23. The van der Waals surface area contributed by atoms with Crippen LogP contribution in [0.1, 0.15) is 39.5 Å². The summed E-state index contributed by atoms with van der Waals surface area (Å²) < 4.78 is 8.58. The molecule has 1 amide bonds. The second-order valence-electron chi connectivity index (χ2n) is 8.70. The summed E-state index contributed by atoms with van der Waals surface area (Å²) in [6.07, 6.45) is 6.29. The van der Waals surface area contributed by atoms with E-state index in [2.05, 4.69) is 34.3 Å². The maximum absolute atomic E-state index is 12.5. The van der Waals surface area contributed by atoms with Gasteiger partial charge in [-0.3, -0.25) is 14.0 Å². The first-order valence-electron chi connectivity index (χ1n) is 11.1. The van der Waals surface area contributed by atoms with Crippen LogP contribution in [0.2, 0.25) is 0 Å². The number of ether oxygens (including phenoxy) is 1. The fourth-order valence-electron chi connectivity index (χ4n) is 5.68. The van der Waals surface area contributed by atoms with Crippen molar-refractivity contribution in [2.24, 2.45) is 17.8 Å². The van der Waals surface area contributed by atoms with Crippen molar-refractivity contribution in [1.29, 1.82) is 0 Å².